The van der Waals surface area contributed by atoms with Gasteiger partial charge in [-0.25, -0.2) is 4.98 Å². The van der Waals surface area contributed by atoms with Crippen molar-refractivity contribution in [3.05, 3.63) is 18.3 Å². The van der Waals surface area contributed by atoms with Crippen molar-refractivity contribution < 1.29 is 4.74 Å². The first kappa shape index (κ1) is 9.84. The number of nitrogens with zero attached hydrogens (tertiary/aromatic N) is 1. The Morgan fingerprint density at radius 1 is 1.38 bits per heavy atom. The molecule has 0 radical (unpaired) electrons. The summed E-state index contributed by atoms with van der Waals surface area (Å²) in [5, 5.41) is 0. The maximum absolute atomic E-state index is 5.68. The maximum atomic E-state index is 5.68. The summed E-state index contributed by atoms with van der Waals surface area (Å²) in [6.07, 6.45) is 1.82. The monoisotopic (exact) mass is 180 g/mol. The number of nitrogen functional groups attached to an aromatic ring is 1. The number of nitrogens with two attached hydrogens (primary N) is 1. The minimum absolute atomic E-state index is 0.136. The number of rotatable bonds is 3. The Hall–Kier alpha value is -1.25. The quantitative estimate of drug-likeness (QED) is 0.774. The standard InChI is InChI=1S/C10H16N2O/c1-7(2)8(3)13-10-9(11)5-4-6-12-10/h4-8H,11H2,1-3H3. The van der Waals surface area contributed by atoms with Gasteiger partial charge in [-0.3, -0.25) is 0 Å². The molecule has 0 saturated heterocycles. The molecule has 72 valence electrons. The van der Waals surface area contributed by atoms with Crippen LogP contribution in [0.25, 0.3) is 0 Å². The topological polar surface area (TPSA) is 48.1 Å². The fourth-order valence-corrected chi connectivity index (χ4v) is 0.814. The van der Waals surface area contributed by atoms with Crippen LogP contribution in [0.3, 0.4) is 0 Å². The zero-order chi connectivity index (χ0) is 9.84. The van der Waals surface area contributed by atoms with Crippen molar-refractivity contribution in [1.29, 1.82) is 0 Å². The van der Waals surface area contributed by atoms with Crippen LogP contribution in [0.4, 0.5) is 5.69 Å². The van der Waals surface area contributed by atoms with E-state index in [0.717, 1.165) is 0 Å². The van der Waals surface area contributed by atoms with Gasteiger partial charge in [-0.2, -0.15) is 0 Å². The molecule has 1 rings (SSSR count). The smallest absolute Gasteiger partial charge is 0.237 e. The van der Waals surface area contributed by atoms with Crippen LogP contribution >= 0.6 is 0 Å². The summed E-state index contributed by atoms with van der Waals surface area (Å²) in [5.74, 6) is 0.991. The van der Waals surface area contributed by atoms with Gasteiger partial charge in [0.05, 0.1) is 11.8 Å². The summed E-state index contributed by atoms with van der Waals surface area (Å²) in [5.41, 5.74) is 6.27. The summed E-state index contributed by atoms with van der Waals surface area (Å²) in [6.45, 7) is 6.21. The molecule has 0 spiro atoms. The fraction of sp³-hybridized carbons (Fsp3) is 0.500. The molecular formula is C10H16N2O. The molecule has 1 aromatic rings. The Bertz CT molecular complexity index is 273. The average molecular weight is 180 g/mol. The predicted octanol–water partition coefficient (Wildman–Crippen LogP) is 2.09. The molecule has 13 heavy (non-hydrogen) atoms. The summed E-state index contributed by atoms with van der Waals surface area (Å²) in [6, 6.07) is 3.58. The summed E-state index contributed by atoms with van der Waals surface area (Å²) < 4.78 is 5.57. The Kier molecular flexibility index (Phi) is 3.12. The average Bonchev–Trinajstić information content (AvgIpc) is 2.08. The molecule has 0 amide bonds. The number of pyridine rings is 1. The van der Waals surface area contributed by atoms with Gasteiger partial charge in [-0.15, -0.1) is 0 Å². The van der Waals surface area contributed by atoms with Crippen LogP contribution in [0.15, 0.2) is 18.3 Å². The van der Waals surface area contributed by atoms with E-state index in [-0.39, 0.29) is 6.10 Å². The first-order chi connectivity index (χ1) is 6.11. The van der Waals surface area contributed by atoms with E-state index in [4.69, 9.17) is 10.5 Å². The van der Waals surface area contributed by atoms with Crippen molar-refractivity contribution in [3.63, 3.8) is 0 Å². The lowest BCUT2D eigenvalue weighted by atomic mass is 10.1. The number of hydrogen-bond donors (Lipinski definition) is 1. The van der Waals surface area contributed by atoms with E-state index in [1.54, 1.807) is 18.3 Å². The molecule has 2 N–H and O–H groups in total. The Labute approximate surface area is 78.9 Å². The molecule has 0 aromatic carbocycles. The van der Waals surface area contributed by atoms with Gasteiger partial charge in [-0.05, 0) is 25.0 Å². The lowest BCUT2D eigenvalue weighted by Gasteiger charge is -2.17. The molecule has 0 aliphatic rings. The van der Waals surface area contributed by atoms with Gasteiger partial charge in [0.15, 0.2) is 0 Å². The van der Waals surface area contributed by atoms with E-state index in [1.165, 1.54) is 0 Å². The van der Waals surface area contributed by atoms with Crippen molar-refractivity contribution in [2.24, 2.45) is 5.92 Å². The van der Waals surface area contributed by atoms with Crippen molar-refractivity contribution >= 4 is 5.69 Å². The zero-order valence-corrected chi connectivity index (χ0v) is 8.32. The normalized spacial score (nSPS) is 12.9. The number of anilines is 1. The minimum atomic E-state index is 0.136. The largest absolute Gasteiger partial charge is 0.473 e. The number of aromatic nitrogens is 1. The third kappa shape index (κ3) is 2.61. The second-order valence-electron chi connectivity index (χ2n) is 3.46. The molecule has 3 heteroatoms. The van der Waals surface area contributed by atoms with Crippen molar-refractivity contribution in [3.8, 4) is 5.88 Å². The van der Waals surface area contributed by atoms with E-state index in [9.17, 15) is 0 Å². The molecule has 1 unspecified atom stereocenters. The molecule has 1 aromatic heterocycles. The van der Waals surface area contributed by atoms with Crippen molar-refractivity contribution in [2.75, 3.05) is 5.73 Å². The maximum Gasteiger partial charge on any atom is 0.237 e. The van der Waals surface area contributed by atoms with Gasteiger partial charge < -0.3 is 10.5 Å². The molecule has 1 heterocycles. The van der Waals surface area contributed by atoms with Gasteiger partial charge in [0.2, 0.25) is 5.88 Å². The van der Waals surface area contributed by atoms with Crippen LogP contribution in [0.1, 0.15) is 20.8 Å². The molecule has 0 aliphatic heterocycles. The third-order valence-corrected chi connectivity index (χ3v) is 2.04. The molecule has 3 nitrogen and oxygen atoms in total. The van der Waals surface area contributed by atoms with Crippen LogP contribution in [-0.4, -0.2) is 11.1 Å². The second kappa shape index (κ2) is 4.12. The van der Waals surface area contributed by atoms with E-state index in [0.29, 0.717) is 17.5 Å². The molecule has 0 fully saturated rings. The SMILES string of the molecule is CC(C)C(C)Oc1ncccc1N. The third-order valence-electron chi connectivity index (χ3n) is 2.04. The molecule has 1 atom stereocenters. The fourth-order valence-electron chi connectivity index (χ4n) is 0.814. The van der Waals surface area contributed by atoms with E-state index >= 15 is 0 Å². The Morgan fingerprint density at radius 3 is 2.62 bits per heavy atom. The summed E-state index contributed by atoms with van der Waals surface area (Å²) in [4.78, 5) is 4.05. The van der Waals surface area contributed by atoms with Crippen LogP contribution in [-0.2, 0) is 0 Å². The van der Waals surface area contributed by atoms with Gasteiger partial charge in [0.25, 0.3) is 0 Å². The van der Waals surface area contributed by atoms with Crippen LogP contribution in [0.5, 0.6) is 5.88 Å². The highest BCUT2D eigenvalue weighted by Crippen LogP contribution is 2.19. The highest BCUT2D eigenvalue weighted by Gasteiger charge is 2.10. The lowest BCUT2D eigenvalue weighted by molar-refractivity contribution is 0.164. The Morgan fingerprint density at radius 2 is 2.08 bits per heavy atom. The first-order valence-corrected chi connectivity index (χ1v) is 4.48. The molecule has 0 bridgehead atoms. The molecular weight excluding hydrogens is 164 g/mol. The highest BCUT2D eigenvalue weighted by molar-refractivity contribution is 5.46. The summed E-state index contributed by atoms with van der Waals surface area (Å²) >= 11 is 0. The van der Waals surface area contributed by atoms with Crippen molar-refractivity contribution in [1.82, 2.24) is 4.98 Å². The van der Waals surface area contributed by atoms with Gasteiger partial charge in [-0.1, -0.05) is 13.8 Å². The Balaban J connectivity index is 2.69. The van der Waals surface area contributed by atoms with E-state index in [2.05, 4.69) is 18.8 Å². The highest BCUT2D eigenvalue weighted by atomic mass is 16.5. The zero-order valence-electron chi connectivity index (χ0n) is 8.32. The van der Waals surface area contributed by atoms with E-state index in [1.807, 2.05) is 6.92 Å². The lowest BCUT2D eigenvalue weighted by Crippen LogP contribution is -2.19. The van der Waals surface area contributed by atoms with Crippen LogP contribution in [0, 0.1) is 5.92 Å². The number of hydrogen-bond acceptors (Lipinski definition) is 3. The first-order valence-electron chi connectivity index (χ1n) is 4.48. The van der Waals surface area contributed by atoms with Crippen LogP contribution in [0.2, 0.25) is 0 Å². The minimum Gasteiger partial charge on any atom is -0.473 e. The van der Waals surface area contributed by atoms with Gasteiger partial charge >= 0.3 is 0 Å². The number of ether oxygens (including phenoxy) is 1. The summed E-state index contributed by atoms with van der Waals surface area (Å²) in [7, 11) is 0. The van der Waals surface area contributed by atoms with E-state index < -0.39 is 0 Å². The van der Waals surface area contributed by atoms with Crippen molar-refractivity contribution in [2.45, 2.75) is 26.9 Å². The molecule has 0 saturated carbocycles. The van der Waals surface area contributed by atoms with Gasteiger partial charge in [0.1, 0.15) is 0 Å². The van der Waals surface area contributed by atoms with Crippen LogP contribution < -0.4 is 10.5 Å². The predicted molar refractivity (Wildman–Crippen MR) is 53.6 cm³/mol. The molecule has 0 aliphatic carbocycles. The second-order valence-corrected chi connectivity index (χ2v) is 3.46. The van der Waals surface area contributed by atoms with Gasteiger partial charge in [0, 0.05) is 6.20 Å².